The largest absolute Gasteiger partial charge is 0.437 e. The van der Waals surface area contributed by atoms with Crippen molar-refractivity contribution in [3.05, 3.63) is 40.5 Å². The zero-order valence-electron chi connectivity index (χ0n) is 17.8. The molecular formula is C24H30BrN5O. The minimum atomic E-state index is 0.702. The number of halogens is 1. The third-order valence-corrected chi connectivity index (χ3v) is 7.99. The summed E-state index contributed by atoms with van der Waals surface area (Å²) in [4.78, 5) is 7.13. The van der Waals surface area contributed by atoms with Crippen LogP contribution in [0.5, 0.6) is 11.6 Å². The SMILES string of the molecule is Brc1c(Oc2ncccc2CN2CCC(C3CC3)CC2)ccc2c1NNN2CC1CC1. The first-order chi connectivity index (χ1) is 15.2. The summed E-state index contributed by atoms with van der Waals surface area (Å²) in [6, 6.07) is 8.32. The molecule has 1 saturated heterocycles. The van der Waals surface area contributed by atoms with E-state index in [4.69, 9.17) is 4.74 Å². The molecule has 2 aliphatic heterocycles. The molecule has 3 heterocycles. The van der Waals surface area contributed by atoms with E-state index in [1.54, 1.807) is 0 Å². The van der Waals surface area contributed by atoms with Gasteiger partial charge in [-0.15, -0.1) is 5.53 Å². The Kier molecular flexibility index (Phi) is 5.28. The lowest BCUT2D eigenvalue weighted by molar-refractivity contribution is 0.164. The molecule has 4 aliphatic rings. The molecule has 7 heteroatoms. The number of likely N-dealkylation sites (tertiary alicyclic amines) is 1. The number of pyridine rings is 1. The number of aromatic nitrogens is 1. The smallest absolute Gasteiger partial charge is 0.223 e. The van der Waals surface area contributed by atoms with Crippen LogP contribution in [0.4, 0.5) is 11.4 Å². The van der Waals surface area contributed by atoms with Gasteiger partial charge in [-0.05, 0) is 103 Å². The van der Waals surface area contributed by atoms with Gasteiger partial charge in [0.25, 0.3) is 0 Å². The summed E-state index contributed by atoms with van der Waals surface area (Å²) < 4.78 is 7.26. The Balaban J connectivity index is 1.16. The fraction of sp³-hybridized carbons (Fsp3) is 0.542. The molecule has 0 bridgehead atoms. The number of fused-ring (bicyclic) bond motifs is 1. The molecule has 6 rings (SSSR count). The summed E-state index contributed by atoms with van der Waals surface area (Å²) in [6.45, 7) is 4.31. The van der Waals surface area contributed by atoms with Crippen LogP contribution in [0, 0.1) is 17.8 Å². The molecule has 31 heavy (non-hydrogen) atoms. The molecule has 0 atom stereocenters. The molecule has 3 fully saturated rings. The quantitative estimate of drug-likeness (QED) is 0.555. The summed E-state index contributed by atoms with van der Waals surface area (Å²) >= 11 is 3.76. The van der Waals surface area contributed by atoms with Crippen molar-refractivity contribution in [2.45, 2.75) is 45.1 Å². The second kappa shape index (κ2) is 8.26. The average molecular weight is 484 g/mol. The Morgan fingerprint density at radius 2 is 1.84 bits per heavy atom. The topological polar surface area (TPSA) is 52.7 Å². The number of nitrogens with one attached hydrogen (secondary N) is 2. The minimum absolute atomic E-state index is 0.702. The first kappa shape index (κ1) is 19.8. The van der Waals surface area contributed by atoms with Gasteiger partial charge in [0.15, 0.2) is 0 Å². The van der Waals surface area contributed by atoms with E-state index in [0.717, 1.165) is 58.0 Å². The fourth-order valence-electron chi connectivity index (χ4n) is 4.99. The van der Waals surface area contributed by atoms with Crippen LogP contribution in [-0.4, -0.2) is 29.5 Å². The van der Waals surface area contributed by atoms with E-state index in [1.165, 1.54) is 51.6 Å². The fourth-order valence-corrected chi connectivity index (χ4v) is 5.50. The highest BCUT2D eigenvalue weighted by Gasteiger charge is 2.33. The zero-order valence-corrected chi connectivity index (χ0v) is 19.4. The van der Waals surface area contributed by atoms with E-state index in [0.29, 0.717) is 5.88 Å². The van der Waals surface area contributed by atoms with E-state index in [1.807, 2.05) is 18.3 Å². The van der Waals surface area contributed by atoms with E-state index in [9.17, 15) is 0 Å². The Hall–Kier alpha value is -1.83. The highest BCUT2D eigenvalue weighted by Crippen LogP contribution is 2.45. The molecule has 0 unspecified atom stereocenters. The van der Waals surface area contributed by atoms with Crippen molar-refractivity contribution in [3.63, 3.8) is 0 Å². The van der Waals surface area contributed by atoms with Gasteiger partial charge in [-0.3, -0.25) is 9.91 Å². The van der Waals surface area contributed by atoms with Crippen LogP contribution in [-0.2, 0) is 6.54 Å². The molecule has 1 aromatic carbocycles. The molecule has 0 radical (unpaired) electrons. The van der Waals surface area contributed by atoms with E-state index >= 15 is 0 Å². The number of benzene rings is 1. The minimum Gasteiger partial charge on any atom is -0.437 e. The molecule has 2 aliphatic carbocycles. The maximum Gasteiger partial charge on any atom is 0.223 e. The highest BCUT2D eigenvalue weighted by atomic mass is 79.9. The van der Waals surface area contributed by atoms with Crippen LogP contribution in [0.3, 0.4) is 0 Å². The van der Waals surface area contributed by atoms with Crippen LogP contribution >= 0.6 is 15.9 Å². The van der Waals surface area contributed by atoms with Crippen molar-refractivity contribution >= 4 is 27.3 Å². The van der Waals surface area contributed by atoms with Crippen molar-refractivity contribution in [2.24, 2.45) is 17.8 Å². The van der Waals surface area contributed by atoms with Crippen molar-refractivity contribution in [1.29, 1.82) is 0 Å². The molecule has 164 valence electrons. The number of hydrogen-bond acceptors (Lipinski definition) is 6. The molecule has 0 spiro atoms. The van der Waals surface area contributed by atoms with Gasteiger partial charge in [-0.25, -0.2) is 4.98 Å². The number of anilines is 2. The number of ether oxygens (including phenoxy) is 1. The lowest BCUT2D eigenvalue weighted by Crippen LogP contribution is -2.37. The Bertz CT molecular complexity index is 953. The monoisotopic (exact) mass is 483 g/mol. The van der Waals surface area contributed by atoms with Crippen molar-refractivity contribution in [3.8, 4) is 11.6 Å². The van der Waals surface area contributed by atoms with Crippen LogP contribution in [0.15, 0.2) is 34.9 Å². The molecule has 6 nitrogen and oxygen atoms in total. The molecule has 2 aromatic rings. The Morgan fingerprint density at radius 1 is 1.03 bits per heavy atom. The van der Waals surface area contributed by atoms with Crippen LogP contribution < -0.4 is 20.7 Å². The van der Waals surface area contributed by atoms with Gasteiger partial charge in [-0.1, -0.05) is 6.07 Å². The lowest BCUT2D eigenvalue weighted by Gasteiger charge is -2.32. The zero-order chi connectivity index (χ0) is 20.8. The first-order valence-corrected chi connectivity index (χ1v) is 12.5. The maximum atomic E-state index is 6.33. The summed E-state index contributed by atoms with van der Waals surface area (Å²) in [7, 11) is 0. The third-order valence-electron chi connectivity index (χ3n) is 7.20. The van der Waals surface area contributed by atoms with Gasteiger partial charge < -0.3 is 10.2 Å². The van der Waals surface area contributed by atoms with E-state index < -0.39 is 0 Å². The number of piperidine rings is 1. The Morgan fingerprint density at radius 3 is 2.61 bits per heavy atom. The number of hydrazine groups is 2. The standard InChI is InChI=1S/C24H30BrN5O/c25-22-21(8-7-20-23(22)27-28-30(20)14-16-3-4-16)31-24-19(2-1-11-26-24)15-29-12-9-18(10-13-29)17-5-6-17/h1-2,7-8,11,16-18,27-28H,3-6,9-10,12-15H2. The number of nitrogens with zero attached hydrogens (tertiary/aromatic N) is 3. The van der Waals surface area contributed by atoms with Gasteiger partial charge >= 0.3 is 0 Å². The summed E-state index contributed by atoms with van der Waals surface area (Å²) in [5, 5.41) is 2.19. The Labute approximate surface area is 192 Å². The van der Waals surface area contributed by atoms with Gasteiger partial charge in [0.05, 0.1) is 15.8 Å². The van der Waals surface area contributed by atoms with Crippen LogP contribution in [0.25, 0.3) is 0 Å². The lowest BCUT2D eigenvalue weighted by atomic mass is 9.92. The van der Waals surface area contributed by atoms with Crippen LogP contribution in [0.1, 0.15) is 44.1 Å². The van der Waals surface area contributed by atoms with Gasteiger partial charge in [-0.2, -0.15) is 0 Å². The molecule has 1 aromatic heterocycles. The normalized spacial score (nSPS) is 21.8. The van der Waals surface area contributed by atoms with Crippen molar-refractivity contribution in [2.75, 3.05) is 30.1 Å². The van der Waals surface area contributed by atoms with Gasteiger partial charge in [0, 0.05) is 24.8 Å². The predicted molar refractivity (Wildman–Crippen MR) is 126 cm³/mol. The van der Waals surface area contributed by atoms with Crippen molar-refractivity contribution < 1.29 is 4.74 Å². The molecule has 2 N–H and O–H groups in total. The summed E-state index contributed by atoms with van der Waals surface area (Å²) in [5.41, 5.74) is 9.92. The second-order valence-electron chi connectivity index (χ2n) is 9.58. The summed E-state index contributed by atoms with van der Waals surface area (Å²) in [6.07, 6.45) is 10.1. The number of hydrogen-bond donors (Lipinski definition) is 2. The average Bonchev–Trinajstić information content (AvgIpc) is 3.71. The van der Waals surface area contributed by atoms with E-state index in [-0.39, 0.29) is 0 Å². The van der Waals surface area contributed by atoms with Gasteiger partial charge in [0.2, 0.25) is 5.88 Å². The summed E-state index contributed by atoms with van der Waals surface area (Å²) in [5.74, 6) is 4.28. The van der Waals surface area contributed by atoms with E-state index in [2.05, 4.69) is 53.9 Å². The van der Waals surface area contributed by atoms with Gasteiger partial charge in [0.1, 0.15) is 5.75 Å². The first-order valence-electron chi connectivity index (χ1n) is 11.7. The highest BCUT2D eigenvalue weighted by molar-refractivity contribution is 9.10. The van der Waals surface area contributed by atoms with Crippen molar-refractivity contribution in [1.82, 2.24) is 15.4 Å². The molecule has 2 saturated carbocycles. The molecule has 0 amide bonds. The third kappa shape index (κ3) is 4.28. The molecular weight excluding hydrogens is 454 g/mol. The number of rotatable bonds is 7. The maximum absolute atomic E-state index is 6.33. The van der Waals surface area contributed by atoms with Crippen LogP contribution in [0.2, 0.25) is 0 Å². The predicted octanol–water partition coefficient (Wildman–Crippen LogP) is 5.32. The second-order valence-corrected chi connectivity index (χ2v) is 10.4.